The van der Waals surface area contributed by atoms with Crippen molar-refractivity contribution < 1.29 is 14.3 Å². The third kappa shape index (κ3) is 2.87. The fourth-order valence-electron chi connectivity index (χ4n) is 3.12. The van der Waals surface area contributed by atoms with Crippen molar-refractivity contribution >= 4 is 35.0 Å². The third-order valence-electron chi connectivity index (χ3n) is 4.22. The first-order chi connectivity index (χ1) is 11.0. The predicted molar refractivity (Wildman–Crippen MR) is 89.2 cm³/mol. The maximum Gasteiger partial charge on any atom is 0.310 e. The molecule has 118 valence electrons. The topological polar surface area (TPSA) is 43.4 Å². The highest BCUT2D eigenvalue weighted by molar-refractivity contribution is 6.42. The Morgan fingerprint density at radius 2 is 1.83 bits per heavy atom. The third-order valence-corrected chi connectivity index (χ3v) is 4.96. The van der Waals surface area contributed by atoms with Gasteiger partial charge >= 0.3 is 5.97 Å². The van der Waals surface area contributed by atoms with Crippen LogP contribution in [0.15, 0.2) is 42.5 Å². The average Bonchev–Trinajstić information content (AvgIpc) is 2.95. The van der Waals surface area contributed by atoms with E-state index in [1.54, 1.807) is 18.2 Å². The smallest absolute Gasteiger partial charge is 0.310 e. The molecule has 23 heavy (non-hydrogen) atoms. The molecular formula is C18H14Cl2O3. The Balaban J connectivity index is 2.04. The SMILES string of the molecule is COC(=O)C1Cc2ccccc2C1C(=O)c1ccc(Cl)c(Cl)c1. The second kappa shape index (κ2) is 6.34. The molecule has 5 heteroatoms. The van der Waals surface area contributed by atoms with Crippen molar-refractivity contribution in [2.24, 2.45) is 5.92 Å². The Kier molecular flexibility index (Phi) is 4.42. The maximum absolute atomic E-state index is 13.0. The van der Waals surface area contributed by atoms with Crippen molar-refractivity contribution in [1.82, 2.24) is 0 Å². The van der Waals surface area contributed by atoms with Gasteiger partial charge in [0, 0.05) is 5.56 Å². The van der Waals surface area contributed by atoms with Crippen LogP contribution in [0, 0.1) is 5.92 Å². The molecule has 0 fully saturated rings. The fraction of sp³-hybridized carbons (Fsp3) is 0.222. The molecule has 3 nitrogen and oxygen atoms in total. The number of rotatable bonds is 3. The lowest BCUT2D eigenvalue weighted by atomic mass is 9.85. The number of carbonyl (C=O) groups is 2. The predicted octanol–water partition coefficient (Wildman–Crippen LogP) is 4.31. The molecule has 2 unspecified atom stereocenters. The Hall–Kier alpha value is -1.84. The highest BCUT2D eigenvalue weighted by atomic mass is 35.5. The number of esters is 1. The number of ether oxygens (including phenoxy) is 1. The zero-order valence-electron chi connectivity index (χ0n) is 12.4. The first-order valence-corrected chi connectivity index (χ1v) is 7.93. The minimum atomic E-state index is -0.559. The minimum Gasteiger partial charge on any atom is -0.469 e. The van der Waals surface area contributed by atoms with Crippen molar-refractivity contribution in [3.63, 3.8) is 0 Å². The van der Waals surface area contributed by atoms with E-state index in [2.05, 4.69) is 0 Å². The van der Waals surface area contributed by atoms with E-state index in [4.69, 9.17) is 27.9 Å². The van der Waals surface area contributed by atoms with Crippen molar-refractivity contribution in [2.75, 3.05) is 7.11 Å². The summed E-state index contributed by atoms with van der Waals surface area (Å²) in [5.74, 6) is -1.60. The summed E-state index contributed by atoms with van der Waals surface area (Å²) < 4.78 is 4.89. The van der Waals surface area contributed by atoms with Gasteiger partial charge in [-0.1, -0.05) is 47.5 Å². The van der Waals surface area contributed by atoms with E-state index in [0.717, 1.165) is 11.1 Å². The Morgan fingerprint density at radius 1 is 1.09 bits per heavy atom. The molecule has 2 atom stereocenters. The number of benzene rings is 2. The minimum absolute atomic E-state index is 0.149. The summed E-state index contributed by atoms with van der Waals surface area (Å²) in [4.78, 5) is 25.1. The van der Waals surface area contributed by atoms with Gasteiger partial charge in [0.1, 0.15) is 0 Å². The number of Topliss-reactive ketones (excluding diaryl/α,β-unsaturated/α-hetero) is 1. The molecular weight excluding hydrogens is 335 g/mol. The fourth-order valence-corrected chi connectivity index (χ4v) is 3.42. The van der Waals surface area contributed by atoms with E-state index in [1.165, 1.54) is 7.11 Å². The molecule has 0 saturated carbocycles. The molecule has 2 aromatic rings. The zero-order valence-corrected chi connectivity index (χ0v) is 13.9. The summed E-state index contributed by atoms with van der Waals surface area (Å²) >= 11 is 11.9. The van der Waals surface area contributed by atoms with Crippen molar-refractivity contribution in [3.05, 3.63) is 69.2 Å². The second-order valence-electron chi connectivity index (χ2n) is 5.50. The van der Waals surface area contributed by atoms with Gasteiger partial charge < -0.3 is 4.74 Å². The zero-order chi connectivity index (χ0) is 16.6. The average molecular weight is 349 g/mol. The van der Waals surface area contributed by atoms with Crippen LogP contribution in [0.5, 0.6) is 0 Å². The van der Waals surface area contributed by atoms with Crippen LogP contribution in [0.4, 0.5) is 0 Å². The molecule has 0 bridgehead atoms. The summed E-state index contributed by atoms with van der Waals surface area (Å²) in [5, 5.41) is 0.706. The number of halogens is 2. The van der Waals surface area contributed by atoms with Gasteiger partial charge in [-0.05, 0) is 35.7 Å². The molecule has 1 aliphatic carbocycles. The van der Waals surface area contributed by atoms with Gasteiger partial charge in [-0.25, -0.2) is 0 Å². The summed E-state index contributed by atoms with van der Waals surface area (Å²) in [5.41, 5.74) is 2.32. The summed E-state index contributed by atoms with van der Waals surface area (Å²) in [6, 6.07) is 12.4. The van der Waals surface area contributed by atoms with Gasteiger partial charge in [0.2, 0.25) is 0 Å². The first-order valence-electron chi connectivity index (χ1n) is 7.18. The number of hydrogen-bond donors (Lipinski definition) is 0. The van der Waals surface area contributed by atoms with Gasteiger partial charge in [0.05, 0.1) is 29.0 Å². The maximum atomic E-state index is 13.0. The lowest BCUT2D eigenvalue weighted by Gasteiger charge is -2.17. The van der Waals surface area contributed by atoms with E-state index in [1.807, 2.05) is 24.3 Å². The molecule has 3 rings (SSSR count). The monoisotopic (exact) mass is 348 g/mol. The number of carbonyl (C=O) groups excluding carboxylic acids is 2. The summed E-state index contributed by atoms with van der Waals surface area (Å²) in [6.07, 6.45) is 0.501. The van der Waals surface area contributed by atoms with Crippen LogP contribution in [-0.4, -0.2) is 18.9 Å². The first kappa shape index (κ1) is 16.0. The lowest BCUT2D eigenvalue weighted by molar-refractivity contribution is -0.145. The van der Waals surface area contributed by atoms with Crippen LogP contribution in [0.3, 0.4) is 0 Å². The lowest BCUT2D eigenvalue weighted by Crippen LogP contribution is -2.26. The molecule has 0 aromatic heterocycles. The molecule has 0 aliphatic heterocycles. The van der Waals surface area contributed by atoms with Crippen LogP contribution in [0.1, 0.15) is 27.4 Å². The van der Waals surface area contributed by atoms with Crippen LogP contribution >= 0.6 is 23.2 Å². The van der Waals surface area contributed by atoms with Crippen LogP contribution in [0.2, 0.25) is 10.0 Å². The number of ketones is 1. The van der Waals surface area contributed by atoms with Crippen molar-refractivity contribution in [3.8, 4) is 0 Å². The quantitative estimate of drug-likeness (QED) is 0.613. The Labute approximate surface area is 144 Å². The molecule has 0 spiro atoms. The number of hydrogen-bond acceptors (Lipinski definition) is 3. The largest absolute Gasteiger partial charge is 0.469 e. The normalized spacial score (nSPS) is 19.3. The number of methoxy groups -OCH3 is 1. The highest BCUT2D eigenvalue weighted by Gasteiger charge is 2.42. The summed E-state index contributed by atoms with van der Waals surface area (Å²) in [7, 11) is 1.34. The molecule has 2 aromatic carbocycles. The van der Waals surface area contributed by atoms with Gasteiger partial charge in [0.15, 0.2) is 5.78 Å². The van der Waals surface area contributed by atoms with E-state index in [-0.39, 0.29) is 11.8 Å². The molecule has 0 heterocycles. The van der Waals surface area contributed by atoms with Crippen molar-refractivity contribution in [1.29, 1.82) is 0 Å². The van der Waals surface area contributed by atoms with Gasteiger partial charge in [-0.3, -0.25) is 9.59 Å². The van der Waals surface area contributed by atoms with E-state index >= 15 is 0 Å². The van der Waals surface area contributed by atoms with Crippen LogP contribution < -0.4 is 0 Å². The van der Waals surface area contributed by atoms with Gasteiger partial charge in [0.25, 0.3) is 0 Å². The highest BCUT2D eigenvalue weighted by Crippen LogP contribution is 2.41. The Morgan fingerprint density at radius 3 is 2.52 bits per heavy atom. The second-order valence-corrected chi connectivity index (χ2v) is 6.32. The standard InChI is InChI=1S/C18H14Cl2O3/c1-23-18(22)13-8-10-4-2-3-5-12(10)16(13)17(21)11-6-7-14(19)15(20)9-11/h2-7,9,13,16H,8H2,1H3. The summed E-state index contributed by atoms with van der Waals surface area (Å²) in [6.45, 7) is 0. The molecule has 0 radical (unpaired) electrons. The Bertz CT molecular complexity index is 786. The van der Waals surface area contributed by atoms with Gasteiger partial charge in [-0.15, -0.1) is 0 Å². The molecule has 0 saturated heterocycles. The number of fused-ring (bicyclic) bond motifs is 1. The molecule has 0 amide bonds. The molecule has 0 N–H and O–H groups in total. The van der Waals surface area contributed by atoms with Crippen molar-refractivity contribution in [2.45, 2.75) is 12.3 Å². The van der Waals surface area contributed by atoms with E-state index < -0.39 is 11.8 Å². The van der Waals surface area contributed by atoms with Crippen LogP contribution in [0.25, 0.3) is 0 Å². The van der Waals surface area contributed by atoms with E-state index in [0.29, 0.717) is 22.0 Å². The van der Waals surface area contributed by atoms with Gasteiger partial charge in [-0.2, -0.15) is 0 Å². The molecule has 1 aliphatic rings. The van der Waals surface area contributed by atoms with Crippen LogP contribution in [-0.2, 0) is 16.0 Å². The van der Waals surface area contributed by atoms with E-state index in [9.17, 15) is 9.59 Å².